The quantitative estimate of drug-likeness (QED) is 0.190. The Hall–Kier alpha value is -4.79. The van der Waals surface area contributed by atoms with Crippen LogP contribution < -0.4 is 33.8 Å². The Kier molecular flexibility index (Phi) is 8.15. The van der Waals surface area contributed by atoms with Gasteiger partial charge in [0.25, 0.3) is 5.56 Å². The van der Waals surface area contributed by atoms with Gasteiger partial charge in [0, 0.05) is 16.1 Å². The van der Waals surface area contributed by atoms with E-state index >= 15 is 0 Å². The molecule has 2 heterocycles. The van der Waals surface area contributed by atoms with E-state index in [0.29, 0.717) is 44.0 Å². The van der Waals surface area contributed by atoms with Crippen molar-refractivity contribution in [3.05, 3.63) is 143 Å². The molecule has 2 aliphatic rings. The maximum atomic E-state index is 14.2. The van der Waals surface area contributed by atoms with Gasteiger partial charge in [0.2, 0.25) is 0 Å². The van der Waals surface area contributed by atoms with E-state index in [2.05, 4.69) is 18.2 Å². The fourth-order valence-corrected chi connectivity index (χ4v) is 7.35. The summed E-state index contributed by atoms with van der Waals surface area (Å²) in [5.41, 5.74) is 6.96. The van der Waals surface area contributed by atoms with Crippen molar-refractivity contribution in [3.8, 4) is 23.0 Å². The van der Waals surface area contributed by atoms with E-state index in [1.165, 1.54) is 16.9 Å². The Labute approximate surface area is 275 Å². The number of halogens is 1. The van der Waals surface area contributed by atoms with Crippen molar-refractivity contribution in [1.82, 2.24) is 4.57 Å². The predicted molar refractivity (Wildman–Crippen MR) is 181 cm³/mol. The van der Waals surface area contributed by atoms with E-state index in [9.17, 15) is 4.79 Å². The predicted octanol–water partition coefficient (Wildman–Crippen LogP) is 6.58. The van der Waals surface area contributed by atoms with Gasteiger partial charge in [-0.2, -0.15) is 0 Å². The first-order valence-corrected chi connectivity index (χ1v) is 16.1. The summed E-state index contributed by atoms with van der Waals surface area (Å²) in [5, 5.41) is 0.644. The Morgan fingerprint density at radius 3 is 2.41 bits per heavy atom. The van der Waals surface area contributed by atoms with Gasteiger partial charge in [-0.1, -0.05) is 77.5 Å². The van der Waals surface area contributed by atoms with Crippen molar-refractivity contribution in [2.45, 2.75) is 25.5 Å². The molecule has 7 nitrogen and oxygen atoms in total. The number of benzene rings is 4. The van der Waals surface area contributed by atoms with Crippen molar-refractivity contribution in [3.63, 3.8) is 0 Å². The number of rotatable bonds is 8. The standard InChI is InChI=1S/C37H31ClN2O5S/c1-42-29-17-14-24(20-32(29)44-3)35-27-15-13-23-8-4-6-10-26(23)34(27)39-37-40(35)36(41)33(46-37)19-22-12-16-30(31(18-22)43-2)45-21-25-9-5-7-11-28(25)38/h4-12,14,16-20,35H,13,15,21H2,1-3H3/b33-19+/t35-/m1/s1. The topological polar surface area (TPSA) is 71.3 Å². The van der Waals surface area contributed by atoms with Crippen LogP contribution in [0.5, 0.6) is 23.0 Å². The minimum absolute atomic E-state index is 0.105. The molecule has 1 aliphatic carbocycles. The molecular weight excluding hydrogens is 620 g/mol. The number of fused-ring (bicyclic) bond motifs is 3. The molecule has 0 radical (unpaired) electrons. The molecule has 1 atom stereocenters. The maximum absolute atomic E-state index is 14.2. The highest BCUT2D eigenvalue weighted by atomic mass is 35.5. The van der Waals surface area contributed by atoms with Gasteiger partial charge in [-0.15, -0.1) is 0 Å². The van der Waals surface area contributed by atoms with Crippen molar-refractivity contribution in [2.24, 2.45) is 4.99 Å². The highest BCUT2D eigenvalue weighted by Gasteiger charge is 2.33. The third-order valence-electron chi connectivity index (χ3n) is 8.42. The summed E-state index contributed by atoms with van der Waals surface area (Å²) in [4.78, 5) is 20.0. The number of hydrogen-bond donors (Lipinski definition) is 0. The first-order chi connectivity index (χ1) is 22.5. The largest absolute Gasteiger partial charge is 0.493 e. The monoisotopic (exact) mass is 650 g/mol. The van der Waals surface area contributed by atoms with Crippen LogP contribution in [0.1, 0.15) is 40.3 Å². The number of allylic oxidation sites excluding steroid dienone is 1. The van der Waals surface area contributed by atoms with E-state index in [4.69, 9.17) is 35.5 Å². The summed E-state index contributed by atoms with van der Waals surface area (Å²) in [6.45, 7) is 0.303. The number of aromatic nitrogens is 1. The minimum Gasteiger partial charge on any atom is -0.493 e. The lowest BCUT2D eigenvalue weighted by molar-refractivity contribution is 0.284. The molecule has 0 unspecified atom stereocenters. The second-order valence-corrected chi connectivity index (χ2v) is 12.4. The van der Waals surface area contributed by atoms with Crippen LogP contribution in [0.4, 0.5) is 0 Å². The zero-order chi connectivity index (χ0) is 31.8. The van der Waals surface area contributed by atoms with E-state index in [1.807, 2.05) is 77.4 Å². The Morgan fingerprint density at radius 2 is 1.61 bits per heavy atom. The molecule has 232 valence electrons. The van der Waals surface area contributed by atoms with Crippen LogP contribution in [0.15, 0.2) is 100 Å². The van der Waals surface area contributed by atoms with Crippen LogP contribution in [0.2, 0.25) is 5.02 Å². The smallest absolute Gasteiger partial charge is 0.271 e. The SMILES string of the molecule is COc1ccc([C@@H]2C3=C(N=c4s/c(=C/c5ccc(OCc6ccccc6Cl)c(OC)c5)c(=O)n42)c2ccccc2CC3)cc1OC. The molecule has 0 fully saturated rings. The molecule has 0 bridgehead atoms. The highest BCUT2D eigenvalue weighted by Crippen LogP contribution is 2.43. The van der Waals surface area contributed by atoms with Crippen LogP contribution in [0.3, 0.4) is 0 Å². The number of methoxy groups -OCH3 is 3. The molecule has 0 saturated carbocycles. The van der Waals surface area contributed by atoms with Gasteiger partial charge in [-0.3, -0.25) is 9.36 Å². The zero-order valence-corrected chi connectivity index (χ0v) is 27.2. The van der Waals surface area contributed by atoms with Crippen LogP contribution in [-0.2, 0) is 13.0 Å². The van der Waals surface area contributed by atoms with Crippen LogP contribution in [-0.4, -0.2) is 25.9 Å². The fourth-order valence-electron chi connectivity index (χ4n) is 6.16. The van der Waals surface area contributed by atoms with Gasteiger partial charge in [0.05, 0.1) is 37.6 Å². The summed E-state index contributed by atoms with van der Waals surface area (Å²) >= 11 is 7.69. The summed E-state index contributed by atoms with van der Waals surface area (Å²) < 4.78 is 25.3. The molecule has 4 aromatic carbocycles. The summed E-state index contributed by atoms with van der Waals surface area (Å²) in [7, 11) is 4.84. The Balaban J connectivity index is 1.33. The summed E-state index contributed by atoms with van der Waals surface area (Å²) in [5.74, 6) is 2.39. The molecule has 46 heavy (non-hydrogen) atoms. The molecule has 0 amide bonds. The third kappa shape index (κ3) is 5.37. The molecule has 1 aromatic heterocycles. The van der Waals surface area contributed by atoms with Gasteiger partial charge in [-0.05, 0) is 71.5 Å². The average molecular weight is 651 g/mol. The molecule has 1 aliphatic heterocycles. The highest BCUT2D eigenvalue weighted by molar-refractivity contribution is 7.07. The van der Waals surface area contributed by atoms with E-state index in [1.54, 1.807) is 21.3 Å². The third-order valence-corrected chi connectivity index (χ3v) is 9.77. The summed E-state index contributed by atoms with van der Waals surface area (Å²) in [6.07, 6.45) is 3.56. The van der Waals surface area contributed by atoms with Crippen LogP contribution in [0, 0.1) is 0 Å². The van der Waals surface area contributed by atoms with Gasteiger partial charge >= 0.3 is 0 Å². The van der Waals surface area contributed by atoms with E-state index in [-0.39, 0.29) is 11.6 Å². The van der Waals surface area contributed by atoms with Crippen molar-refractivity contribution < 1.29 is 18.9 Å². The molecule has 7 rings (SSSR count). The second kappa shape index (κ2) is 12.5. The molecule has 0 spiro atoms. The van der Waals surface area contributed by atoms with Crippen molar-refractivity contribution in [1.29, 1.82) is 0 Å². The number of hydrogen-bond acceptors (Lipinski definition) is 7. The average Bonchev–Trinajstić information content (AvgIpc) is 3.40. The normalized spacial score (nSPS) is 15.4. The first kappa shape index (κ1) is 29.9. The van der Waals surface area contributed by atoms with Crippen LogP contribution in [0.25, 0.3) is 11.8 Å². The van der Waals surface area contributed by atoms with E-state index in [0.717, 1.165) is 46.4 Å². The number of thiazole rings is 1. The zero-order valence-electron chi connectivity index (χ0n) is 25.6. The van der Waals surface area contributed by atoms with Crippen molar-refractivity contribution >= 4 is 34.7 Å². The molecule has 5 aromatic rings. The molecule has 9 heteroatoms. The minimum atomic E-state index is -0.336. The molecule has 0 N–H and O–H groups in total. The lowest BCUT2D eigenvalue weighted by Crippen LogP contribution is -2.38. The van der Waals surface area contributed by atoms with Gasteiger partial charge in [0.1, 0.15) is 6.61 Å². The Bertz CT molecular complexity index is 2180. The van der Waals surface area contributed by atoms with Gasteiger partial charge < -0.3 is 18.9 Å². The van der Waals surface area contributed by atoms with Gasteiger partial charge in [-0.25, -0.2) is 4.99 Å². The first-order valence-electron chi connectivity index (χ1n) is 14.9. The lowest BCUT2D eigenvalue weighted by Gasteiger charge is -2.31. The van der Waals surface area contributed by atoms with Gasteiger partial charge in [0.15, 0.2) is 27.8 Å². The van der Waals surface area contributed by atoms with E-state index < -0.39 is 0 Å². The molecule has 0 saturated heterocycles. The van der Waals surface area contributed by atoms with Crippen molar-refractivity contribution in [2.75, 3.05) is 21.3 Å². The maximum Gasteiger partial charge on any atom is 0.271 e. The number of aryl methyl sites for hydroxylation is 1. The molecular formula is C37H31ClN2O5S. The lowest BCUT2D eigenvalue weighted by atomic mass is 9.83. The number of nitrogens with zero attached hydrogens (tertiary/aromatic N) is 2. The number of ether oxygens (including phenoxy) is 4. The van der Waals surface area contributed by atoms with Crippen LogP contribution >= 0.6 is 22.9 Å². The second-order valence-electron chi connectivity index (χ2n) is 11.0. The Morgan fingerprint density at radius 1 is 0.870 bits per heavy atom. The fraction of sp³-hybridized carbons (Fsp3) is 0.189. The summed E-state index contributed by atoms with van der Waals surface area (Å²) in [6, 6.07) is 27.1.